The summed E-state index contributed by atoms with van der Waals surface area (Å²) in [5.41, 5.74) is 0.342. The molecule has 1 saturated heterocycles. The van der Waals surface area contributed by atoms with E-state index in [-0.39, 0.29) is 17.7 Å². The first-order chi connectivity index (χ1) is 11.7. The summed E-state index contributed by atoms with van der Waals surface area (Å²) in [5, 5.41) is 3.43. The number of carbonyl (C=O) groups is 1. The Morgan fingerprint density at radius 2 is 2.20 bits per heavy atom. The van der Waals surface area contributed by atoms with Gasteiger partial charge in [-0.1, -0.05) is 0 Å². The van der Waals surface area contributed by atoms with Gasteiger partial charge in [0.2, 0.25) is 0 Å². The molecule has 25 heavy (non-hydrogen) atoms. The minimum absolute atomic E-state index is 0.0983. The van der Waals surface area contributed by atoms with Crippen LogP contribution in [0.3, 0.4) is 0 Å². The van der Waals surface area contributed by atoms with Crippen molar-refractivity contribution in [2.75, 3.05) is 11.9 Å². The molecular formula is C19H27N3O3. The van der Waals surface area contributed by atoms with Crippen LogP contribution in [-0.2, 0) is 11.2 Å². The number of ether oxygens (including phenoxy) is 2. The highest BCUT2D eigenvalue weighted by Crippen LogP contribution is 2.43. The lowest BCUT2D eigenvalue weighted by Gasteiger charge is -2.27. The monoisotopic (exact) mass is 345 g/mol. The molecule has 2 fully saturated rings. The number of likely N-dealkylation sites (tertiary alicyclic amines) is 1. The van der Waals surface area contributed by atoms with Gasteiger partial charge >= 0.3 is 6.09 Å². The molecule has 1 spiro atoms. The molecule has 1 amide bonds. The first-order valence-electron chi connectivity index (χ1n) is 9.17. The van der Waals surface area contributed by atoms with Crippen LogP contribution in [0.15, 0.2) is 12.3 Å². The third-order valence-corrected chi connectivity index (χ3v) is 5.00. The van der Waals surface area contributed by atoms with Gasteiger partial charge < -0.3 is 19.7 Å². The molecule has 3 heterocycles. The largest absolute Gasteiger partial charge is 0.483 e. The summed E-state index contributed by atoms with van der Waals surface area (Å²) >= 11 is 0. The lowest BCUT2D eigenvalue weighted by atomic mass is 9.95. The van der Waals surface area contributed by atoms with Gasteiger partial charge in [-0.25, -0.2) is 9.78 Å². The highest BCUT2D eigenvalue weighted by Gasteiger charge is 2.50. The van der Waals surface area contributed by atoms with Gasteiger partial charge in [0.25, 0.3) is 0 Å². The summed E-state index contributed by atoms with van der Waals surface area (Å²) in [5.74, 6) is 1.77. The smallest absolute Gasteiger partial charge is 0.410 e. The van der Waals surface area contributed by atoms with Crippen molar-refractivity contribution in [2.45, 2.75) is 76.7 Å². The van der Waals surface area contributed by atoms with Gasteiger partial charge in [0.1, 0.15) is 22.8 Å². The summed E-state index contributed by atoms with van der Waals surface area (Å²) in [6.45, 7) is 8.29. The molecule has 0 radical (unpaired) electrons. The molecule has 6 heteroatoms. The van der Waals surface area contributed by atoms with Crippen LogP contribution in [0.2, 0.25) is 0 Å². The second-order valence-electron chi connectivity index (χ2n) is 8.72. The van der Waals surface area contributed by atoms with Gasteiger partial charge in [0.05, 0.1) is 12.7 Å². The predicted octanol–water partition coefficient (Wildman–Crippen LogP) is 3.36. The molecule has 1 saturated carbocycles. The maximum Gasteiger partial charge on any atom is 0.410 e. The number of rotatable bonds is 2. The summed E-state index contributed by atoms with van der Waals surface area (Å²) in [4.78, 5) is 18.8. The van der Waals surface area contributed by atoms with Crippen molar-refractivity contribution < 1.29 is 14.3 Å². The average Bonchev–Trinajstić information content (AvgIpc) is 3.14. The molecule has 1 N–H and O–H groups in total. The number of nitrogens with zero attached hydrogens (tertiary/aromatic N) is 2. The van der Waals surface area contributed by atoms with Crippen molar-refractivity contribution in [3.05, 3.63) is 17.8 Å². The lowest BCUT2D eigenvalue weighted by Crippen LogP contribution is -2.42. The number of nitrogens with one attached hydrogen (secondary N) is 1. The van der Waals surface area contributed by atoms with E-state index in [0.29, 0.717) is 12.6 Å². The fourth-order valence-corrected chi connectivity index (χ4v) is 3.79. The molecule has 1 aromatic rings. The maximum absolute atomic E-state index is 12.5. The third kappa shape index (κ3) is 3.39. The zero-order chi connectivity index (χ0) is 17.8. The molecule has 2 aliphatic heterocycles. The number of hydrogen-bond acceptors (Lipinski definition) is 5. The Balaban J connectivity index is 1.47. The molecule has 2 unspecified atom stereocenters. The van der Waals surface area contributed by atoms with Gasteiger partial charge in [-0.2, -0.15) is 0 Å². The third-order valence-electron chi connectivity index (χ3n) is 5.00. The van der Waals surface area contributed by atoms with Crippen LogP contribution in [0.4, 0.5) is 10.6 Å². The minimum Gasteiger partial charge on any atom is -0.483 e. The first-order valence-corrected chi connectivity index (χ1v) is 9.17. The second kappa shape index (κ2) is 5.51. The van der Waals surface area contributed by atoms with Crippen molar-refractivity contribution in [3.8, 4) is 5.75 Å². The highest BCUT2D eigenvalue weighted by atomic mass is 16.6. The Morgan fingerprint density at radius 3 is 2.88 bits per heavy atom. The van der Waals surface area contributed by atoms with Gasteiger partial charge in [0.15, 0.2) is 0 Å². The van der Waals surface area contributed by atoms with E-state index in [4.69, 9.17) is 9.47 Å². The van der Waals surface area contributed by atoms with E-state index in [9.17, 15) is 4.79 Å². The van der Waals surface area contributed by atoms with Crippen LogP contribution in [0, 0.1) is 0 Å². The maximum atomic E-state index is 12.5. The average molecular weight is 345 g/mol. The Bertz CT molecular complexity index is 696. The van der Waals surface area contributed by atoms with Crippen LogP contribution in [0.25, 0.3) is 0 Å². The first kappa shape index (κ1) is 16.5. The van der Waals surface area contributed by atoms with Gasteiger partial charge in [-0.15, -0.1) is 0 Å². The highest BCUT2D eigenvalue weighted by molar-refractivity contribution is 5.69. The number of fused-ring (bicyclic) bond motifs is 1. The van der Waals surface area contributed by atoms with E-state index in [0.717, 1.165) is 24.4 Å². The van der Waals surface area contributed by atoms with Gasteiger partial charge in [-0.3, -0.25) is 0 Å². The summed E-state index contributed by atoms with van der Waals surface area (Å²) in [7, 11) is 0. The fraction of sp³-hybridized carbons (Fsp3) is 0.684. The summed E-state index contributed by atoms with van der Waals surface area (Å²) < 4.78 is 11.8. The molecule has 1 aliphatic carbocycles. The minimum atomic E-state index is -0.487. The van der Waals surface area contributed by atoms with Crippen molar-refractivity contribution >= 4 is 11.9 Å². The van der Waals surface area contributed by atoms with E-state index in [1.54, 1.807) is 4.90 Å². The normalized spacial score (nSPS) is 28.0. The molecular weight excluding hydrogens is 318 g/mol. The van der Waals surface area contributed by atoms with E-state index in [1.807, 2.05) is 27.0 Å². The van der Waals surface area contributed by atoms with E-state index in [2.05, 4.69) is 23.3 Å². The molecule has 1 aromatic heterocycles. The van der Waals surface area contributed by atoms with Crippen molar-refractivity contribution in [1.82, 2.24) is 9.88 Å². The van der Waals surface area contributed by atoms with Crippen LogP contribution >= 0.6 is 0 Å². The SMILES string of the molecule is CC1CC2(Cc3cc(NC4CC4)ncc3O2)CN1C(=O)OC(C)(C)C. The topological polar surface area (TPSA) is 63.7 Å². The lowest BCUT2D eigenvalue weighted by molar-refractivity contribution is 0.0191. The van der Waals surface area contributed by atoms with Crippen molar-refractivity contribution in [3.63, 3.8) is 0 Å². The zero-order valence-electron chi connectivity index (χ0n) is 15.5. The van der Waals surface area contributed by atoms with Crippen molar-refractivity contribution in [1.29, 1.82) is 0 Å². The summed E-state index contributed by atoms with van der Waals surface area (Å²) in [6, 6.07) is 2.78. The molecule has 136 valence electrons. The van der Waals surface area contributed by atoms with Crippen molar-refractivity contribution in [2.24, 2.45) is 0 Å². The number of anilines is 1. The number of hydrogen-bond donors (Lipinski definition) is 1. The number of amides is 1. The Morgan fingerprint density at radius 1 is 1.44 bits per heavy atom. The van der Waals surface area contributed by atoms with E-state index in [1.165, 1.54) is 18.4 Å². The number of aromatic nitrogens is 1. The van der Waals surface area contributed by atoms with E-state index < -0.39 is 5.60 Å². The van der Waals surface area contributed by atoms with E-state index >= 15 is 0 Å². The molecule has 0 bridgehead atoms. The zero-order valence-corrected chi connectivity index (χ0v) is 15.5. The molecule has 6 nitrogen and oxygen atoms in total. The Kier molecular flexibility index (Phi) is 3.63. The molecule has 2 atom stereocenters. The Labute approximate surface area is 148 Å². The molecule has 4 rings (SSSR count). The Hall–Kier alpha value is -1.98. The van der Waals surface area contributed by atoms with Gasteiger partial charge in [-0.05, 0) is 46.6 Å². The number of pyridine rings is 1. The van der Waals surface area contributed by atoms with Gasteiger partial charge in [0, 0.05) is 30.5 Å². The molecule has 0 aromatic carbocycles. The van der Waals surface area contributed by atoms with Crippen LogP contribution in [0.1, 0.15) is 52.5 Å². The second-order valence-corrected chi connectivity index (χ2v) is 8.72. The summed E-state index contributed by atoms with van der Waals surface area (Å²) in [6.07, 6.45) is 5.63. The fourth-order valence-electron chi connectivity index (χ4n) is 3.79. The number of carbonyl (C=O) groups excluding carboxylic acids is 1. The predicted molar refractivity (Wildman–Crippen MR) is 95.0 cm³/mol. The standard InChI is InChI=1S/C19H27N3O3/c1-12-8-19(11-22(12)17(23)25-18(2,3)4)9-13-7-16(21-14-5-6-14)20-10-15(13)24-19/h7,10,12,14H,5-6,8-9,11H2,1-4H3,(H,20,21). The molecule has 3 aliphatic rings. The van der Waals surface area contributed by atoms with Crippen LogP contribution < -0.4 is 10.1 Å². The quantitative estimate of drug-likeness (QED) is 0.890. The van der Waals surface area contributed by atoms with Crippen LogP contribution in [-0.4, -0.2) is 45.8 Å². The van der Waals surface area contributed by atoms with Crippen LogP contribution in [0.5, 0.6) is 5.75 Å².